The molecule has 0 spiro atoms. The quantitative estimate of drug-likeness (QED) is 0.758. The highest BCUT2D eigenvalue weighted by Gasteiger charge is 2.21. The second kappa shape index (κ2) is 7.26. The van der Waals surface area contributed by atoms with Crippen molar-refractivity contribution in [1.82, 2.24) is 10.2 Å². The molecule has 1 fully saturated rings. The fourth-order valence-corrected chi connectivity index (χ4v) is 2.49. The van der Waals surface area contributed by atoms with Gasteiger partial charge in [-0.1, -0.05) is 12.1 Å². The number of hydrogen-bond acceptors (Lipinski definition) is 4. The molecule has 0 aromatic carbocycles. The van der Waals surface area contributed by atoms with Crippen LogP contribution in [0.15, 0.2) is 5.16 Å². The van der Waals surface area contributed by atoms with Gasteiger partial charge in [0.1, 0.15) is 6.10 Å². The first-order valence-electron chi connectivity index (χ1n) is 7.45. The minimum atomic E-state index is -0.0194. The van der Waals surface area contributed by atoms with E-state index in [9.17, 15) is 9.59 Å². The van der Waals surface area contributed by atoms with Crippen molar-refractivity contribution >= 4 is 17.5 Å². The van der Waals surface area contributed by atoms with Gasteiger partial charge in [-0.25, -0.2) is 0 Å². The minimum Gasteiger partial charge on any atom is -0.390 e. The summed E-state index contributed by atoms with van der Waals surface area (Å²) in [6, 6.07) is 0. The van der Waals surface area contributed by atoms with Crippen LogP contribution in [0.4, 0.5) is 0 Å². The molecule has 0 radical (unpaired) electrons. The standard InChI is InChI=1S/C14H23N3O3/c1-2-11-9-12(20-16-11)10-15-13(18)5-3-7-17-8-4-6-14(17)19/h12H,2-10H2,1H3,(H,15,18). The number of likely N-dealkylation sites (tertiary alicyclic amines) is 1. The molecule has 0 bridgehead atoms. The van der Waals surface area contributed by atoms with Gasteiger partial charge in [-0.2, -0.15) is 0 Å². The summed E-state index contributed by atoms with van der Waals surface area (Å²) in [5, 5.41) is 6.82. The van der Waals surface area contributed by atoms with E-state index in [1.54, 1.807) is 0 Å². The summed E-state index contributed by atoms with van der Waals surface area (Å²) in [5.41, 5.74) is 1.05. The van der Waals surface area contributed by atoms with Crippen LogP contribution in [0.2, 0.25) is 0 Å². The third-order valence-electron chi connectivity index (χ3n) is 3.73. The van der Waals surface area contributed by atoms with Crippen LogP contribution in [0.5, 0.6) is 0 Å². The zero-order chi connectivity index (χ0) is 14.4. The maximum absolute atomic E-state index is 11.7. The Morgan fingerprint density at radius 2 is 2.40 bits per heavy atom. The van der Waals surface area contributed by atoms with Gasteiger partial charge in [0.25, 0.3) is 0 Å². The smallest absolute Gasteiger partial charge is 0.222 e. The lowest BCUT2D eigenvalue weighted by Gasteiger charge is -2.15. The number of oxime groups is 1. The summed E-state index contributed by atoms with van der Waals surface area (Å²) in [7, 11) is 0. The van der Waals surface area contributed by atoms with Crippen molar-refractivity contribution < 1.29 is 14.4 Å². The highest BCUT2D eigenvalue weighted by molar-refractivity contribution is 5.85. The molecule has 0 aliphatic carbocycles. The van der Waals surface area contributed by atoms with Crippen molar-refractivity contribution in [3.63, 3.8) is 0 Å². The average Bonchev–Trinajstić information content (AvgIpc) is 3.06. The normalized spacial score (nSPS) is 21.9. The highest BCUT2D eigenvalue weighted by atomic mass is 16.6. The molecule has 0 saturated carbocycles. The molecule has 2 heterocycles. The second-order valence-electron chi connectivity index (χ2n) is 5.33. The molecule has 1 atom stereocenters. The molecule has 1 N–H and O–H groups in total. The van der Waals surface area contributed by atoms with Crippen LogP contribution in [0.3, 0.4) is 0 Å². The van der Waals surface area contributed by atoms with Crippen molar-refractivity contribution in [2.75, 3.05) is 19.6 Å². The summed E-state index contributed by atoms with van der Waals surface area (Å²) in [4.78, 5) is 30.2. The summed E-state index contributed by atoms with van der Waals surface area (Å²) in [6.45, 7) is 4.08. The molecule has 2 amide bonds. The molecule has 6 heteroatoms. The van der Waals surface area contributed by atoms with E-state index >= 15 is 0 Å². The molecular weight excluding hydrogens is 258 g/mol. The van der Waals surface area contributed by atoms with Gasteiger partial charge < -0.3 is 15.1 Å². The molecule has 2 aliphatic heterocycles. The summed E-state index contributed by atoms with van der Waals surface area (Å²) in [6.07, 6.45) is 4.47. The molecular formula is C14H23N3O3. The molecule has 0 aromatic rings. The first-order valence-corrected chi connectivity index (χ1v) is 7.45. The minimum absolute atomic E-state index is 0.0187. The lowest BCUT2D eigenvalue weighted by molar-refractivity contribution is -0.128. The first-order chi connectivity index (χ1) is 9.69. The third-order valence-corrected chi connectivity index (χ3v) is 3.73. The molecule has 6 nitrogen and oxygen atoms in total. The maximum Gasteiger partial charge on any atom is 0.222 e. The number of amides is 2. The highest BCUT2D eigenvalue weighted by Crippen LogP contribution is 2.12. The van der Waals surface area contributed by atoms with Gasteiger partial charge in [0.05, 0.1) is 12.3 Å². The van der Waals surface area contributed by atoms with Gasteiger partial charge >= 0.3 is 0 Å². The van der Waals surface area contributed by atoms with Crippen LogP contribution in [0.25, 0.3) is 0 Å². The zero-order valence-electron chi connectivity index (χ0n) is 12.1. The van der Waals surface area contributed by atoms with E-state index in [1.807, 2.05) is 11.8 Å². The van der Waals surface area contributed by atoms with Crippen LogP contribution in [-0.4, -0.2) is 48.2 Å². The average molecular weight is 281 g/mol. The zero-order valence-corrected chi connectivity index (χ0v) is 12.1. The fourth-order valence-electron chi connectivity index (χ4n) is 2.49. The summed E-state index contributed by atoms with van der Waals surface area (Å²) >= 11 is 0. The fraction of sp³-hybridized carbons (Fsp3) is 0.786. The van der Waals surface area contributed by atoms with Gasteiger partial charge in [0, 0.05) is 32.4 Å². The predicted molar refractivity (Wildman–Crippen MR) is 75.3 cm³/mol. The van der Waals surface area contributed by atoms with Gasteiger partial charge in [-0.3, -0.25) is 9.59 Å². The Labute approximate surface area is 119 Å². The van der Waals surface area contributed by atoms with E-state index in [0.29, 0.717) is 25.9 Å². The lowest BCUT2D eigenvalue weighted by atomic mass is 10.1. The molecule has 20 heavy (non-hydrogen) atoms. The summed E-state index contributed by atoms with van der Waals surface area (Å²) < 4.78 is 0. The molecule has 0 aromatic heterocycles. The van der Waals surface area contributed by atoms with Crippen LogP contribution in [0, 0.1) is 0 Å². The van der Waals surface area contributed by atoms with Crippen LogP contribution in [0.1, 0.15) is 45.4 Å². The number of nitrogens with one attached hydrogen (secondary N) is 1. The Morgan fingerprint density at radius 1 is 1.55 bits per heavy atom. The molecule has 112 valence electrons. The molecule has 1 unspecified atom stereocenters. The summed E-state index contributed by atoms with van der Waals surface area (Å²) in [5.74, 6) is 0.235. The first kappa shape index (κ1) is 14.8. The van der Waals surface area contributed by atoms with Crippen molar-refractivity contribution in [2.24, 2.45) is 5.16 Å². The Balaban J connectivity index is 1.54. The van der Waals surface area contributed by atoms with E-state index < -0.39 is 0 Å². The Morgan fingerprint density at radius 3 is 3.05 bits per heavy atom. The Bertz CT molecular complexity index is 395. The third kappa shape index (κ3) is 4.21. The van der Waals surface area contributed by atoms with Crippen molar-refractivity contribution in [3.8, 4) is 0 Å². The van der Waals surface area contributed by atoms with Crippen LogP contribution < -0.4 is 5.32 Å². The van der Waals surface area contributed by atoms with Crippen LogP contribution in [-0.2, 0) is 14.4 Å². The number of carbonyl (C=O) groups excluding carboxylic acids is 2. The van der Waals surface area contributed by atoms with Crippen molar-refractivity contribution in [1.29, 1.82) is 0 Å². The SMILES string of the molecule is CCC1=NOC(CNC(=O)CCCN2CCCC2=O)C1. The number of nitrogens with zero attached hydrogens (tertiary/aromatic N) is 2. The van der Waals surface area contributed by atoms with Gasteiger partial charge in [-0.05, 0) is 19.3 Å². The number of carbonyl (C=O) groups is 2. The van der Waals surface area contributed by atoms with E-state index in [0.717, 1.165) is 37.9 Å². The Kier molecular flexibility index (Phi) is 5.38. The second-order valence-corrected chi connectivity index (χ2v) is 5.33. The van der Waals surface area contributed by atoms with Gasteiger partial charge in [0.15, 0.2) is 0 Å². The number of rotatable bonds is 7. The number of hydrogen-bond donors (Lipinski definition) is 1. The topological polar surface area (TPSA) is 71.0 Å². The predicted octanol–water partition coefficient (Wildman–Crippen LogP) is 1.06. The van der Waals surface area contributed by atoms with E-state index in [-0.39, 0.29) is 17.9 Å². The van der Waals surface area contributed by atoms with Gasteiger partial charge in [-0.15, -0.1) is 0 Å². The molecule has 1 saturated heterocycles. The van der Waals surface area contributed by atoms with Gasteiger partial charge in [0.2, 0.25) is 11.8 Å². The van der Waals surface area contributed by atoms with E-state index in [2.05, 4.69) is 10.5 Å². The maximum atomic E-state index is 11.7. The lowest BCUT2D eigenvalue weighted by Crippen LogP contribution is -2.33. The molecule has 2 aliphatic rings. The van der Waals surface area contributed by atoms with Crippen molar-refractivity contribution in [3.05, 3.63) is 0 Å². The largest absolute Gasteiger partial charge is 0.390 e. The van der Waals surface area contributed by atoms with E-state index in [1.165, 1.54) is 0 Å². The Hall–Kier alpha value is -1.59. The molecule has 2 rings (SSSR count). The van der Waals surface area contributed by atoms with Crippen LogP contribution >= 0.6 is 0 Å². The van der Waals surface area contributed by atoms with Crippen molar-refractivity contribution in [2.45, 2.75) is 51.6 Å². The monoisotopic (exact) mass is 281 g/mol. The van der Waals surface area contributed by atoms with E-state index in [4.69, 9.17) is 4.84 Å².